The summed E-state index contributed by atoms with van der Waals surface area (Å²) in [4.78, 5) is 7.72. The summed E-state index contributed by atoms with van der Waals surface area (Å²) in [5, 5.41) is 3.34. The molecule has 0 aromatic heterocycles. The van der Waals surface area contributed by atoms with Crippen molar-refractivity contribution in [2.24, 2.45) is 4.99 Å². The molecule has 1 aromatic carbocycles. The number of methoxy groups -OCH3 is 1. The molecular weight excluding hydrogens is 270 g/mol. The third kappa shape index (κ3) is 5.84. The van der Waals surface area contributed by atoms with E-state index in [0.29, 0.717) is 0 Å². The normalized spacial score (nSPS) is 11.5. The van der Waals surface area contributed by atoms with E-state index in [4.69, 9.17) is 4.74 Å². The fourth-order valence-corrected chi connectivity index (χ4v) is 2.29. The lowest BCUT2D eigenvalue weighted by Crippen LogP contribution is -2.39. The first kappa shape index (κ1) is 16.9. The molecule has 1 rings (SSSR count). The molecule has 0 aliphatic carbocycles. The van der Waals surface area contributed by atoms with Gasteiger partial charge in [0.25, 0.3) is 0 Å². The Kier molecular flexibility index (Phi) is 8.14. The Morgan fingerprint density at radius 1 is 1.35 bits per heavy atom. The summed E-state index contributed by atoms with van der Waals surface area (Å²) in [6, 6.07) is 8.65. The highest BCUT2D eigenvalue weighted by molar-refractivity contribution is 7.98. The first-order valence-electron chi connectivity index (χ1n) is 6.75. The number of nitrogens with zero attached hydrogens (tertiary/aromatic N) is 2. The zero-order valence-corrected chi connectivity index (χ0v) is 13.7. The second-order valence-electron chi connectivity index (χ2n) is 4.52. The molecule has 0 spiro atoms. The molecule has 0 bridgehead atoms. The highest BCUT2D eigenvalue weighted by Gasteiger charge is 2.06. The van der Waals surface area contributed by atoms with Gasteiger partial charge in [0.1, 0.15) is 0 Å². The predicted molar refractivity (Wildman–Crippen MR) is 87.5 cm³/mol. The van der Waals surface area contributed by atoms with Gasteiger partial charge in [-0.3, -0.25) is 4.99 Å². The molecule has 1 aromatic rings. The number of aliphatic imine (C=N–C) groups is 1. The van der Waals surface area contributed by atoms with E-state index in [0.717, 1.165) is 32.1 Å². The number of ether oxygens (including phenoxy) is 1. The van der Waals surface area contributed by atoms with Crippen LogP contribution in [0.3, 0.4) is 0 Å². The van der Waals surface area contributed by atoms with Crippen molar-refractivity contribution in [2.75, 3.05) is 40.6 Å². The lowest BCUT2D eigenvalue weighted by molar-refractivity contribution is 0.195. The summed E-state index contributed by atoms with van der Waals surface area (Å²) in [5.41, 5.74) is 1.28. The van der Waals surface area contributed by atoms with Gasteiger partial charge < -0.3 is 15.0 Å². The molecule has 0 saturated heterocycles. The number of thioether (sulfide) groups is 1. The molecule has 0 saturated carbocycles. The first-order valence-corrected chi connectivity index (χ1v) is 7.97. The molecular formula is C15H25N3OS. The molecule has 0 atom stereocenters. The van der Waals surface area contributed by atoms with Crippen molar-refractivity contribution in [3.05, 3.63) is 29.8 Å². The van der Waals surface area contributed by atoms with Gasteiger partial charge in [-0.15, -0.1) is 11.8 Å². The second-order valence-corrected chi connectivity index (χ2v) is 5.40. The Morgan fingerprint density at radius 3 is 2.60 bits per heavy atom. The smallest absolute Gasteiger partial charge is 0.193 e. The molecule has 0 fully saturated rings. The number of benzene rings is 1. The van der Waals surface area contributed by atoms with Crippen LogP contribution >= 0.6 is 11.8 Å². The molecule has 0 radical (unpaired) electrons. The highest BCUT2D eigenvalue weighted by atomic mass is 32.2. The monoisotopic (exact) mass is 295 g/mol. The van der Waals surface area contributed by atoms with Crippen molar-refractivity contribution in [2.45, 2.75) is 17.9 Å². The maximum Gasteiger partial charge on any atom is 0.193 e. The van der Waals surface area contributed by atoms with E-state index in [1.807, 2.05) is 14.1 Å². The molecule has 20 heavy (non-hydrogen) atoms. The topological polar surface area (TPSA) is 36.9 Å². The quantitative estimate of drug-likeness (QED) is 0.363. The van der Waals surface area contributed by atoms with E-state index in [1.54, 1.807) is 18.9 Å². The minimum Gasteiger partial charge on any atom is -0.385 e. The Morgan fingerprint density at radius 2 is 2.05 bits per heavy atom. The van der Waals surface area contributed by atoms with E-state index in [2.05, 4.69) is 45.7 Å². The van der Waals surface area contributed by atoms with Gasteiger partial charge >= 0.3 is 0 Å². The SMILES string of the molecule is CN=C(NCCCOC)N(C)Cc1ccc(SC)cc1. The zero-order chi connectivity index (χ0) is 14.8. The van der Waals surface area contributed by atoms with Gasteiger partial charge in [0, 0.05) is 45.8 Å². The van der Waals surface area contributed by atoms with E-state index in [9.17, 15) is 0 Å². The summed E-state index contributed by atoms with van der Waals surface area (Å²) < 4.78 is 5.04. The summed E-state index contributed by atoms with van der Waals surface area (Å²) in [6.45, 7) is 2.48. The average Bonchev–Trinajstić information content (AvgIpc) is 2.48. The van der Waals surface area contributed by atoms with Gasteiger partial charge in [0.15, 0.2) is 5.96 Å². The third-order valence-corrected chi connectivity index (χ3v) is 3.70. The standard InChI is InChI=1S/C15H25N3OS/c1-16-15(17-10-5-11-19-3)18(2)12-13-6-8-14(20-4)9-7-13/h6-9H,5,10-12H2,1-4H3,(H,16,17). The predicted octanol–water partition coefficient (Wildman–Crippen LogP) is 2.45. The largest absolute Gasteiger partial charge is 0.385 e. The van der Waals surface area contributed by atoms with Crippen LogP contribution in [0.4, 0.5) is 0 Å². The van der Waals surface area contributed by atoms with Crippen LogP contribution in [0.5, 0.6) is 0 Å². The van der Waals surface area contributed by atoms with Gasteiger partial charge in [0.05, 0.1) is 0 Å². The summed E-state index contributed by atoms with van der Waals surface area (Å²) >= 11 is 1.76. The lowest BCUT2D eigenvalue weighted by Gasteiger charge is -2.22. The fraction of sp³-hybridized carbons (Fsp3) is 0.533. The van der Waals surface area contributed by atoms with Crippen molar-refractivity contribution in [3.8, 4) is 0 Å². The number of nitrogens with one attached hydrogen (secondary N) is 1. The maximum atomic E-state index is 5.04. The van der Waals surface area contributed by atoms with Crippen molar-refractivity contribution >= 4 is 17.7 Å². The van der Waals surface area contributed by atoms with E-state index in [-0.39, 0.29) is 0 Å². The number of rotatable bonds is 7. The minimum absolute atomic E-state index is 0.768. The van der Waals surface area contributed by atoms with Crippen LogP contribution in [-0.2, 0) is 11.3 Å². The van der Waals surface area contributed by atoms with Crippen molar-refractivity contribution in [3.63, 3.8) is 0 Å². The van der Waals surface area contributed by atoms with Crippen LogP contribution in [-0.4, -0.2) is 51.5 Å². The minimum atomic E-state index is 0.768. The maximum absolute atomic E-state index is 5.04. The Balaban J connectivity index is 2.47. The molecule has 0 unspecified atom stereocenters. The van der Waals surface area contributed by atoms with Crippen LogP contribution in [0.1, 0.15) is 12.0 Å². The van der Waals surface area contributed by atoms with E-state index >= 15 is 0 Å². The Bertz CT molecular complexity index is 406. The number of hydrogen-bond acceptors (Lipinski definition) is 3. The zero-order valence-electron chi connectivity index (χ0n) is 12.8. The Hall–Kier alpha value is -1.20. The molecule has 0 heterocycles. The van der Waals surface area contributed by atoms with Crippen molar-refractivity contribution in [1.29, 1.82) is 0 Å². The van der Waals surface area contributed by atoms with Crippen LogP contribution < -0.4 is 5.32 Å². The molecule has 112 valence electrons. The second kappa shape index (κ2) is 9.66. The van der Waals surface area contributed by atoms with Gasteiger partial charge in [0.2, 0.25) is 0 Å². The Labute approximate surface area is 126 Å². The van der Waals surface area contributed by atoms with Crippen LogP contribution in [0.25, 0.3) is 0 Å². The first-order chi connectivity index (χ1) is 9.71. The van der Waals surface area contributed by atoms with Crippen LogP contribution in [0, 0.1) is 0 Å². The average molecular weight is 295 g/mol. The van der Waals surface area contributed by atoms with E-state index < -0.39 is 0 Å². The van der Waals surface area contributed by atoms with Crippen molar-refractivity contribution in [1.82, 2.24) is 10.2 Å². The number of hydrogen-bond donors (Lipinski definition) is 1. The molecule has 0 aliphatic heterocycles. The summed E-state index contributed by atoms with van der Waals surface area (Å²) in [6.07, 6.45) is 3.07. The third-order valence-electron chi connectivity index (χ3n) is 2.96. The molecule has 1 N–H and O–H groups in total. The lowest BCUT2D eigenvalue weighted by atomic mass is 10.2. The molecule has 0 amide bonds. The van der Waals surface area contributed by atoms with Gasteiger partial charge in [-0.2, -0.15) is 0 Å². The van der Waals surface area contributed by atoms with Crippen molar-refractivity contribution < 1.29 is 4.74 Å². The summed E-state index contributed by atoms with van der Waals surface area (Å²) in [7, 11) is 5.58. The molecule has 4 nitrogen and oxygen atoms in total. The van der Waals surface area contributed by atoms with Gasteiger partial charge in [-0.05, 0) is 30.4 Å². The van der Waals surface area contributed by atoms with Crippen LogP contribution in [0.15, 0.2) is 34.2 Å². The molecule has 5 heteroatoms. The highest BCUT2D eigenvalue weighted by Crippen LogP contribution is 2.15. The number of guanidine groups is 1. The van der Waals surface area contributed by atoms with Gasteiger partial charge in [-0.25, -0.2) is 0 Å². The van der Waals surface area contributed by atoms with E-state index in [1.165, 1.54) is 10.5 Å². The van der Waals surface area contributed by atoms with Crippen LogP contribution in [0.2, 0.25) is 0 Å². The summed E-state index contributed by atoms with van der Waals surface area (Å²) in [5.74, 6) is 0.912. The fourth-order valence-electron chi connectivity index (χ4n) is 1.88. The molecule has 0 aliphatic rings. The van der Waals surface area contributed by atoms with Gasteiger partial charge in [-0.1, -0.05) is 12.1 Å².